The van der Waals surface area contributed by atoms with E-state index < -0.39 is 0 Å². The van der Waals surface area contributed by atoms with Crippen LogP contribution in [0, 0.1) is 5.41 Å². The molecule has 2 nitrogen and oxygen atoms in total. The number of ketones is 1. The van der Waals surface area contributed by atoms with Crippen LogP contribution >= 0.6 is 0 Å². The largest absolute Gasteiger partial charge is 0.305 e. The Kier molecular flexibility index (Phi) is 2.85. The number of allylic oxidation sites excluding steroid dienone is 2. The van der Waals surface area contributed by atoms with Gasteiger partial charge in [0.2, 0.25) is 0 Å². The Morgan fingerprint density at radius 1 is 1.44 bits per heavy atom. The predicted octanol–water partition coefficient (Wildman–Crippen LogP) is 1.56. The quantitative estimate of drug-likeness (QED) is 0.441. The fourth-order valence-electron chi connectivity index (χ4n) is 0.684. The molecular formula is C7H11NO. The van der Waals surface area contributed by atoms with Gasteiger partial charge in [-0.3, -0.25) is 4.79 Å². The summed E-state index contributed by atoms with van der Waals surface area (Å²) in [5.41, 5.74) is 0.847. The molecule has 0 atom stereocenters. The van der Waals surface area contributed by atoms with Gasteiger partial charge in [0.1, 0.15) is 0 Å². The molecule has 0 bridgehead atoms. The van der Waals surface area contributed by atoms with E-state index in [0.29, 0.717) is 11.3 Å². The minimum atomic E-state index is -0.0370. The number of Topliss-reactive ketones (excluding diaryl/α,β-unsaturated/α-hetero) is 1. The highest BCUT2D eigenvalue weighted by molar-refractivity contribution is 6.19. The summed E-state index contributed by atoms with van der Waals surface area (Å²) in [5, 5.41) is 7.09. The van der Waals surface area contributed by atoms with Gasteiger partial charge < -0.3 is 5.41 Å². The van der Waals surface area contributed by atoms with Crippen molar-refractivity contribution in [1.82, 2.24) is 0 Å². The topological polar surface area (TPSA) is 40.9 Å². The van der Waals surface area contributed by atoms with E-state index in [1.165, 1.54) is 6.92 Å². The van der Waals surface area contributed by atoms with E-state index >= 15 is 0 Å². The van der Waals surface area contributed by atoms with Gasteiger partial charge >= 0.3 is 0 Å². The molecule has 9 heavy (non-hydrogen) atoms. The second-order valence-corrected chi connectivity index (χ2v) is 1.88. The zero-order chi connectivity index (χ0) is 7.44. The van der Waals surface area contributed by atoms with Crippen molar-refractivity contribution >= 4 is 11.5 Å². The Morgan fingerprint density at radius 2 is 1.89 bits per heavy atom. The molecule has 0 unspecified atom stereocenters. The molecule has 2 heteroatoms. The zero-order valence-corrected chi connectivity index (χ0v) is 5.99. The fraction of sp³-hybridized carbons (Fsp3) is 0.429. The van der Waals surface area contributed by atoms with E-state index in [9.17, 15) is 4.79 Å². The Morgan fingerprint density at radius 3 is 1.89 bits per heavy atom. The Bertz CT molecular complexity index is 152. The number of nitrogens with one attached hydrogen (secondary N) is 1. The van der Waals surface area contributed by atoms with Crippen LogP contribution < -0.4 is 0 Å². The molecule has 1 N–H and O–H groups in total. The van der Waals surface area contributed by atoms with E-state index in [1.807, 2.05) is 0 Å². The highest BCUT2D eigenvalue weighted by atomic mass is 16.1. The highest BCUT2D eigenvalue weighted by Crippen LogP contribution is 1.96. The van der Waals surface area contributed by atoms with Gasteiger partial charge in [0.25, 0.3) is 0 Å². The van der Waals surface area contributed by atoms with Crippen molar-refractivity contribution in [3.8, 4) is 0 Å². The summed E-state index contributed by atoms with van der Waals surface area (Å²) in [4.78, 5) is 10.6. The standard InChI is InChI=1S/C7H11NO/c1-4-7(5(2)8)6(3)9/h4,8H,1-3H3/b7-4+,8-5?. The third-order valence-corrected chi connectivity index (χ3v) is 1.07. The van der Waals surface area contributed by atoms with Gasteiger partial charge in [-0.2, -0.15) is 0 Å². The van der Waals surface area contributed by atoms with Gasteiger partial charge in [-0.05, 0) is 20.8 Å². The van der Waals surface area contributed by atoms with Crippen molar-refractivity contribution in [2.45, 2.75) is 20.8 Å². The lowest BCUT2D eigenvalue weighted by Crippen LogP contribution is -2.04. The van der Waals surface area contributed by atoms with Crippen molar-refractivity contribution in [3.05, 3.63) is 11.6 Å². The summed E-state index contributed by atoms with van der Waals surface area (Å²) in [7, 11) is 0. The number of hydrogen-bond acceptors (Lipinski definition) is 2. The minimum absolute atomic E-state index is 0.0370. The third-order valence-electron chi connectivity index (χ3n) is 1.07. The number of carbonyl (C=O) groups is 1. The maximum atomic E-state index is 10.6. The first kappa shape index (κ1) is 8.08. The Hall–Kier alpha value is -0.920. The first-order valence-electron chi connectivity index (χ1n) is 2.82. The molecule has 0 aromatic carbocycles. The van der Waals surface area contributed by atoms with E-state index in [0.717, 1.165) is 0 Å². The Labute approximate surface area is 55.1 Å². The maximum Gasteiger partial charge on any atom is 0.161 e. The summed E-state index contributed by atoms with van der Waals surface area (Å²) in [6, 6.07) is 0. The van der Waals surface area contributed by atoms with Gasteiger partial charge in [0, 0.05) is 11.3 Å². The number of hydrogen-bond donors (Lipinski definition) is 1. The van der Waals surface area contributed by atoms with Gasteiger partial charge in [0.05, 0.1) is 0 Å². The lowest BCUT2D eigenvalue weighted by molar-refractivity contribution is -0.113. The molecule has 0 aliphatic rings. The van der Waals surface area contributed by atoms with Crippen LogP contribution in [0.3, 0.4) is 0 Å². The number of carbonyl (C=O) groups excluding carboxylic acids is 1. The molecule has 0 amide bonds. The lowest BCUT2D eigenvalue weighted by Gasteiger charge is -1.95. The summed E-state index contributed by atoms with van der Waals surface area (Å²) >= 11 is 0. The van der Waals surface area contributed by atoms with Gasteiger partial charge in [-0.25, -0.2) is 0 Å². The summed E-state index contributed by atoms with van der Waals surface area (Å²) < 4.78 is 0. The molecular weight excluding hydrogens is 114 g/mol. The molecule has 0 spiro atoms. The molecule has 0 radical (unpaired) electrons. The van der Waals surface area contributed by atoms with Gasteiger partial charge in [-0.15, -0.1) is 0 Å². The van der Waals surface area contributed by atoms with Crippen LogP contribution in [0.2, 0.25) is 0 Å². The zero-order valence-electron chi connectivity index (χ0n) is 5.99. The van der Waals surface area contributed by atoms with Crippen molar-refractivity contribution in [1.29, 1.82) is 5.41 Å². The van der Waals surface area contributed by atoms with Crippen molar-refractivity contribution in [3.63, 3.8) is 0 Å². The van der Waals surface area contributed by atoms with Crippen LogP contribution in [0.1, 0.15) is 20.8 Å². The molecule has 0 fully saturated rings. The first-order chi connectivity index (χ1) is 4.09. The monoisotopic (exact) mass is 125 g/mol. The normalized spacial score (nSPS) is 11.2. The van der Waals surface area contributed by atoms with Crippen LogP contribution in [-0.4, -0.2) is 11.5 Å². The smallest absolute Gasteiger partial charge is 0.161 e. The average Bonchev–Trinajstić information content (AvgIpc) is 1.64. The molecule has 0 aliphatic carbocycles. The summed E-state index contributed by atoms with van der Waals surface area (Å²) in [5.74, 6) is -0.0370. The maximum absolute atomic E-state index is 10.6. The van der Waals surface area contributed by atoms with E-state index in [-0.39, 0.29) is 5.78 Å². The lowest BCUT2D eigenvalue weighted by atomic mass is 10.1. The summed E-state index contributed by atoms with van der Waals surface area (Å²) in [6.45, 7) is 4.83. The molecule has 0 aliphatic heterocycles. The second kappa shape index (κ2) is 3.17. The van der Waals surface area contributed by atoms with Gasteiger partial charge in [-0.1, -0.05) is 6.08 Å². The van der Waals surface area contributed by atoms with Gasteiger partial charge in [0.15, 0.2) is 5.78 Å². The molecule has 0 rings (SSSR count). The SMILES string of the molecule is C/C=C(\C(C)=N)C(C)=O. The predicted molar refractivity (Wildman–Crippen MR) is 37.8 cm³/mol. The minimum Gasteiger partial charge on any atom is -0.305 e. The van der Waals surface area contributed by atoms with Crippen molar-refractivity contribution in [2.75, 3.05) is 0 Å². The van der Waals surface area contributed by atoms with Crippen molar-refractivity contribution in [2.24, 2.45) is 0 Å². The fourth-order valence-corrected chi connectivity index (χ4v) is 0.684. The van der Waals surface area contributed by atoms with Crippen LogP contribution in [0.4, 0.5) is 0 Å². The van der Waals surface area contributed by atoms with Crippen molar-refractivity contribution < 1.29 is 4.79 Å². The first-order valence-corrected chi connectivity index (χ1v) is 2.82. The van der Waals surface area contributed by atoms with E-state index in [2.05, 4.69) is 0 Å². The molecule has 0 heterocycles. The van der Waals surface area contributed by atoms with Crippen LogP contribution in [0.15, 0.2) is 11.6 Å². The highest BCUT2D eigenvalue weighted by Gasteiger charge is 2.02. The Balaban J connectivity index is 4.38. The molecule has 0 aromatic rings. The number of rotatable bonds is 2. The molecule has 0 saturated carbocycles. The van der Waals surface area contributed by atoms with E-state index in [1.54, 1.807) is 19.9 Å². The third kappa shape index (κ3) is 2.22. The van der Waals surface area contributed by atoms with Crippen LogP contribution in [0.5, 0.6) is 0 Å². The summed E-state index contributed by atoms with van der Waals surface area (Å²) in [6.07, 6.45) is 1.66. The molecule has 0 aromatic heterocycles. The molecule has 50 valence electrons. The van der Waals surface area contributed by atoms with Crippen LogP contribution in [0.25, 0.3) is 0 Å². The molecule has 0 saturated heterocycles. The van der Waals surface area contributed by atoms with E-state index in [4.69, 9.17) is 5.41 Å². The van der Waals surface area contributed by atoms with Crippen LogP contribution in [-0.2, 0) is 4.79 Å². The average molecular weight is 125 g/mol. The second-order valence-electron chi connectivity index (χ2n) is 1.88.